The summed E-state index contributed by atoms with van der Waals surface area (Å²) in [7, 11) is 0. The van der Waals surface area contributed by atoms with Gasteiger partial charge in [-0.25, -0.2) is 0 Å². The number of rotatable bonds is 3. The fraction of sp³-hybridized carbons (Fsp3) is 0.571. The Morgan fingerprint density at radius 1 is 1.19 bits per heavy atom. The van der Waals surface area contributed by atoms with Gasteiger partial charge in [-0.3, -0.25) is 0 Å². The van der Waals surface area contributed by atoms with Gasteiger partial charge in [0.2, 0.25) is 0 Å². The van der Waals surface area contributed by atoms with E-state index in [-0.39, 0.29) is 12.0 Å². The Hall–Kier alpha value is -0.860. The molecule has 1 saturated heterocycles. The molecular weight excluding hydrogens is 200 g/mol. The van der Waals surface area contributed by atoms with Crippen LogP contribution in [0.2, 0.25) is 0 Å². The van der Waals surface area contributed by atoms with Crippen LogP contribution in [0.1, 0.15) is 28.7 Å². The molecule has 1 aliphatic rings. The van der Waals surface area contributed by atoms with Gasteiger partial charge in [0.25, 0.3) is 0 Å². The van der Waals surface area contributed by atoms with Crippen molar-refractivity contribution in [3.63, 3.8) is 0 Å². The molecule has 1 heterocycles. The fourth-order valence-electron chi connectivity index (χ4n) is 2.53. The van der Waals surface area contributed by atoms with Gasteiger partial charge < -0.3 is 9.84 Å². The van der Waals surface area contributed by atoms with Gasteiger partial charge >= 0.3 is 0 Å². The second-order valence-electron chi connectivity index (χ2n) is 4.93. The van der Waals surface area contributed by atoms with Crippen LogP contribution in [0.25, 0.3) is 0 Å². The van der Waals surface area contributed by atoms with Crippen molar-refractivity contribution in [2.45, 2.75) is 32.6 Å². The first kappa shape index (κ1) is 11.6. The second kappa shape index (κ2) is 4.19. The summed E-state index contributed by atoms with van der Waals surface area (Å²) in [4.78, 5) is 0. The molecule has 0 aromatic heterocycles. The van der Waals surface area contributed by atoms with Crippen molar-refractivity contribution in [3.8, 4) is 0 Å². The highest BCUT2D eigenvalue weighted by Crippen LogP contribution is 2.38. The number of benzene rings is 1. The smallest absolute Gasteiger partial charge is 0.0586 e. The first-order valence-electron chi connectivity index (χ1n) is 5.86. The topological polar surface area (TPSA) is 29.5 Å². The Kier molecular flexibility index (Phi) is 3.04. The number of aryl methyl sites for hydroxylation is 1. The summed E-state index contributed by atoms with van der Waals surface area (Å²) in [6.07, 6.45) is 0.802. The number of hydrogen-bond donors (Lipinski definition) is 1. The monoisotopic (exact) mass is 220 g/mol. The van der Waals surface area contributed by atoms with Crippen molar-refractivity contribution < 1.29 is 9.84 Å². The van der Waals surface area contributed by atoms with Crippen LogP contribution in [0.5, 0.6) is 0 Å². The van der Waals surface area contributed by atoms with Crippen LogP contribution >= 0.6 is 0 Å². The lowest BCUT2D eigenvalue weighted by Gasteiger charge is -2.43. The van der Waals surface area contributed by atoms with Crippen LogP contribution in [-0.4, -0.2) is 24.9 Å². The first-order chi connectivity index (χ1) is 7.60. The van der Waals surface area contributed by atoms with Gasteiger partial charge in [-0.15, -0.1) is 0 Å². The molecule has 0 amide bonds. The highest BCUT2D eigenvalue weighted by atomic mass is 16.5. The summed E-state index contributed by atoms with van der Waals surface area (Å²) in [5, 5.41) is 9.19. The summed E-state index contributed by atoms with van der Waals surface area (Å²) in [6, 6.07) is 4.38. The Bertz CT molecular complexity index is 392. The van der Waals surface area contributed by atoms with Gasteiger partial charge in [0.1, 0.15) is 0 Å². The highest BCUT2D eigenvalue weighted by Gasteiger charge is 2.40. The zero-order chi connectivity index (χ0) is 11.8. The SMILES string of the molecule is Cc1ccc(C2(CCO)COC2)c(C)c1C. The van der Waals surface area contributed by atoms with E-state index < -0.39 is 0 Å². The van der Waals surface area contributed by atoms with E-state index in [1.54, 1.807) is 0 Å². The Labute approximate surface area is 97.3 Å². The summed E-state index contributed by atoms with van der Waals surface area (Å²) in [5.41, 5.74) is 5.48. The van der Waals surface area contributed by atoms with Crippen molar-refractivity contribution in [1.82, 2.24) is 0 Å². The third-order valence-corrected chi connectivity index (χ3v) is 3.98. The minimum atomic E-state index is 0.0668. The largest absolute Gasteiger partial charge is 0.396 e. The van der Waals surface area contributed by atoms with Crippen LogP contribution in [0, 0.1) is 20.8 Å². The van der Waals surface area contributed by atoms with E-state index in [0.29, 0.717) is 0 Å². The molecule has 0 unspecified atom stereocenters. The van der Waals surface area contributed by atoms with Crippen LogP contribution < -0.4 is 0 Å². The molecule has 1 aliphatic heterocycles. The van der Waals surface area contributed by atoms with Gasteiger partial charge in [0, 0.05) is 12.0 Å². The standard InChI is InChI=1S/C14H20O2/c1-10-4-5-13(12(3)11(10)2)14(6-7-15)8-16-9-14/h4-5,15H,6-9H2,1-3H3. The zero-order valence-electron chi connectivity index (χ0n) is 10.3. The maximum absolute atomic E-state index is 9.19. The van der Waals surface area contributed by atoms with E-state index in [1.807, 2.05) is 0 Å². The van der Waals surface area contributed by atoms with Crippen molar-refractivity contribution in [1.29, 1.82) is 0 Å². The molecule has 1 N–H and O–H groups in total. The Morgan fingerprint density at radius 3 is 2.38 bits per heavy atom. The highest BCUT2D eigenvalue weighted by molar-refractivity contribution is 5.43. The Balaban J connectivity index is 2.43. The van der Waals surface area contributed by atoms with E-state index in [4.69, 9.17) is 4.74 Å². The molecule has 1 aromatic rings. The number of ether oxygens (including phenoxy) is 1. The molecule has 0 bridgehead atoms. The predicted molar refractivity (Wildman–Crippen MR) is 64.9 cm³/mol. The molecule has 2 heteroatoms. The van der Waals surface area contributed by atoms with Gasteiger partial charge in [-0.1, -0.05) is 12.1 Å². The number of hydrogen-bond acceptors (Lipinski definition) is 2. The van der Waals surface area contributed by atoms with Gasteiger partial charge in [-0.2, -0.15) is 0 Å². The number of aliphatic hydroxyl groups excluding tert-OH is 1. The van der Waals surface area contributed by atoms with E-state index in [9.17, 15) is 5.11 Å². The van der Waals surface area contributed by atoms with Crippen molar-refractivity contribution in [2.24, 2.45) is 0 Å². The predicted octanol–water partition coefficient (Wildman–Crippen LogP) is 2.26. The fourth-order valence-corrected chi connectivity index (χ4v) is 2.53. The van der Waals surface area contributed by atoms with Crippen LogP contribution in [0.3, 0.4) is 0 Å². The summed E-state index contributed by atoms with van der Waals surface area (Å²) < 4.78 is 5.36. The summed E-state index contributed by atoms with van der Waals surface area (Å²) in [6.45, 7) is 8.21. The maximum atomic E-state index is 9.19. The number of aliphatic hydroxyl groups is 1. The molecule has 1 aromatic carbocycles. The summed E-state index contributed by atoms with van der Waals surface area (Å²) >= 11 is 0. The molecule has 0 atom stereocenters. The lowest BCUT2D eigenvalue weighted by atomic mass is 9.73. The van der Waals surface area contributed by atoms with Crippen molar-refractivity contribution in [2.75, 3.05) is 19.8 Å². The third-order valence-electron chi connectivity index (χ3n) is 3.98. The molecule has 0 spiro atoms. The lowest BCUT2D eigenvalue weighted by molar-refractivity contribution is -0.0704. The maximum Gasteiger partial charge on any atom is 0.0586 e. The molecule has 0 radical (unpaired) electrons. The quantitative estimate of drug-likeness (QED) is 0.846. The van der Waals surface area contributed by atoms with Gasteiger partial charge in [-0.05, 0) is 49.4 Å². The molecular formula is C14H20O2. The molecule has 1 fully saturated rings. The molecule has 16 heavy (non-hydrogen) atoms. The minimum Gasteiger partial charge on any atom is -0.396 e. The first-order valence-corrected chi connectivity index (χ1v) is 5.86. The van der Waals surface area contributed by atoms with Crippen LogP contribution in [-0.2, 0) is 10.2 Å². The zero-order valence-corrected chi connectivity index (χ0v) is 10.3. The molecule has 0 aliphatic carbocycles. The minimum absolute atomic E-state index is 0.0668. The third kappa shape index (κ3) is 1.66. The van der Waals surface area contributed by atoms with Gasteiger partial charge in [0.15, 0.2) is 0 Å². The molecule has 0 saturated carbocycles. The van der Waals surface area contributed by atoms with Crippen LogP contribution in [0.4, 0.5) is 0 Å². The van der Waals surface area contributed by atoms with E-state index in [0.717, 1.165) is 19.6 Å². The van der Waals surface area contributed by atoms with Crippen molar-refractivity contribution in [3.05, 3.63) is 34.4 Å². The van der Waals surface area contributed by atoms with E-state index in [1.165, 1.54) is 22.3 Å². The summed E-state index contributed by atoms with van der Waals surface area (Å²) in [5.74, 6) is 0. The average Bonchev–Trinajstić information content (AvgIpc) is 2.21. The lowest BCUT2D eigenvalue weighted by Crippen LogP contribution is -2.48. The second-order valence-corrected chi connectivity index (χ2v) is 4.93. The molecule has 2 rings (SSSR count). The molecule has 88 valence electrons. The average molecular weight is 220 g/mol. The van der Waals surface area contributed by atoms with Crippen LogP contribution in [0.15, 0.2) is 12.1 Å². The normalized spacial score (nSPS) is 18.2. The Morgan fingerprint density at radius 2 is 1.88 bits per heavy atom. The van der Waals surface area contributed by atoms with E-state index in [2.05, 4.69) is 32.9 Å². The molecule has 2 nitrogen and oxygen atoms in total. The van der Waals surface area contributed by atoms with Crippen molar-refractivity contribution >= 4 is 0 Å². The van der Waals surface area contributed by atoms with Gasteiger partial charge in [0.05, 0.1) is 13.2 Å². The van der Waals surface area contributed by atoms with E-state index >= 15 is 0 Å².